The van der Waals surface area contributed by atoms with E-state index in [-0.39, 0.29) is 5.91 Å². The van der Waals surface area contributed by atoms with Crippen LogP contribution in [0.15, 0.2) is 24.3 Å². The maximum Gasteiger partial charge on any atom is 0.319 e. The highest BCUT2D eigenvalue weighted by Gasteiger charge is 2.11. The van der Waals surface area contributed by atoms with E-state index in [0.717, 1.165) is 0 Å². The first-order valence-electron chi connectivity index (χ1n) is 4.98. The van der Waals surface area contributed by atoms with E-state index in [2.05, 4.69) is 5.32 Å². The van der Waals surface area contributed by atoms with Crippen LogP contribution in [0.25, 0.3) is 0 Å². The van der Waals surface area contributed by atoms with Gasteiger partial charge in [-0.15, -0.1) is 0 Å². The van der Waals surface area contributed by atoms with Crippen LogP contribution in [0.1, 0.15) is 13.3 Å². The fourth-order valence-electron chi connectivity index (χ4n) is 1.23. The topological polar surface area (TPSA) is 75.4 Å². The predicted molar refractivity (Wildman–Crippen MR) is 63.3 cm³/mol. The Labute approximate surface area is 94.2 Å². The molecule has 0 saturated carbocycles. The summed E-state index contributed by atoms with van der Waals surface area (Å²) in [6.45, 7) is 1.76. The average Bonchev–Trinajstić information content (AvgIpc) is 2.28. The summed E-state index contributed by atoms with van der Waals surface area (Å²) in [5, 5.41) is 2.71. The van der Waals surface area contributed by atoms with Crippen molar-refractivity contribution < 1.29 is 9.59 Å². The molecule has 0 aliphatic rings. The largest absolute Gasteiger partial charge is 0.351 e. The van der Waals surface area contributed by atoms with Gasteiger partial charge in [-0.05, 0) is 12.1 Å². The van der Waals surface area contributed by atoms with Gasteiger partial charge in [0, 0.05) is 13.5 Å². The van der Waals surface area contributed by atoms with Crippen LogP contribution in [0.4, 0.5) is 16.2 Å². The van der Waals surface area contributed by atoms with Crippen LogP contribution >= 0.6 is 0 Å². The van der Waals surface area contributed by atoms with Gasteiger partial charge in [0.25, 0.3) is 0 Å². The zero-order valence-corrected chi connectivity index (χ0v) is 9.36. The lowest BCUT2D eigenvalue weighted by Crippen LogP contribution is -2.32. The van der Waals surface area contributed by atoms with E-state index in [9.17, 15) is 9.59 Å². The average molecular weight is 221 g/mol. The Morgan fingerprint density at radius 3 is 2.56 bits per heavy atom. The Balaban J connectivity index is 3.00. The van der Waals surface area contributed by atoms with Crippen LogP contribution in [-0.2, 0) is 4.79 Å². The SMILES string of the molecule is CCC(=O)Nc1ccccc1N(C)C(N)=O. The minimum Gasteiger partial charge on any atom is -0.351 e. The highest BCUT2D eigenvalue weighted by Crippen LogP contribution is 2.24. The number of benzene rings is 1. The third kappa shape index (κ3) is 2.73. The maximum atomic E-state index is 11.3. The van der Waals surface area contributed by atoms with E-state index in [1.807, 2.05) is 0 Å². The highest BCUT2D eigenvalue weighted by molar-refractivity contribution is 5.99. The number of nitrogens with two attached hydrogens (primary N) is 1. The number of nitrogens with zero attached hydrogens (tertiary/aromatic N) is 1. The molecule has 0 atom stereocenters. The van der Waals surface area contributed by atoms with Crippen LogP contribution in [-0.4, -0.2) is 19.0 Å². The smallest absolute Gasteiger partial charge is 0.319 e. The number of carbonyl (C=O) groups excluding carboxylic acids is 2. The molecule has 0 saturated heterocycles. The Hall–Kier alpha value is -2.04. The van der Waals surface area contributed by atoms with Crippen molar-refractivity contribution in [3.05, 3.63) is 24.3 Å². The second-order valence-corrected chi connectivity index (χ2v) is 3.32. The van der Waals surface area contributed by atoms with Gasteiger partial charge in [0.2, 0.25) is 5.91 Å². The quantitative estimate of drug-likeness (QED) is 0.812. The van der Waals surface area contributed by atoms with E-state index in [0.29, 0.717) is 17.8 Å². The van der Waals surface area contributed by atoms with Gasteiger partial charge < -0.3 is 11.1 Å². The molecule has 0 radical (unpaired) electrons. The molecule has 0 spiro atoms. The molecule has 0 aromatic heterocycles. The van der Waals surface area contributed by atoms with Crippen molar-refractivity contribution in [1.29, 1.82) is 0 Å². The third-order valence-electron chi connectivity index (χ3n) is 2.19. The molecule has 3 amide bonds. The van der Waals surface area contributed by atoms with Crippen molar-refractivity contribution in [2.24, 2.45) is 5.73 Å². The van der Waals surface area contributed by atoms with E-state index < -0.39 is 6.03 Å². The third-order valence-corrected chi connectivity index (χ3v) is 2.19. The van der Waals surface area contributed by atoms with E-state index in [1.165, 1.54) is 4.90 Å². The Morgan fingerprint density at radius 1 is 1.38 bits per heavy atom. The first-order chi connectivity index (χ1) is 7.56. The van der Waals surface area contributed by atoms with E-state index >= 15 is 0 Å². The van der Waals surface area contributed by atoms with Crippen molar-refractivity contribution in [3.63, 3.8) is 0 Å². The standard InChI is InChI=1S/C11H15N3O2/c1-3-10(15)13-8-6-4-5-7-9(8)14(2)11(12)16/h4-7H,3H2,1-2H3,(H2,12,16)(H,13,15). The summed E-state index contributed by atoms with van der Waals surface area (Å²) in [6, 6.07) is 6.43. The zero-order chi connectivity index (χ0) is 12.1. The molecule has 1 aromatic rings. The second kappa shape index (κ2) is 5.16. The summed E-state index contributed by atoms with van der Waals surface area (Å²) in [5.41, 5.74) is 6.33. The number of anilines is 2. The number of hydrogen-bond acceptors (Lipinski definition) is 2. The molecule has 0 unspecified atom stereocenters. The molecule has 86 valence electrons. The van der Waals surface area contributed by atoms with Crippen LogP contribution in [0.2, 0.25) is 0 Å². The second-order valence-electron chi connectivity index (χ2n) is 3.32. The highest BCUT2D eigenvalue weighted by atomic mass is 16.2. The maximum absolute atomic E-state index is 11.3. The minimum atomic E-state index is -0.571. The molecule has 0 bridgehead atoms. The van der Waals surface area contributed by atoms with E-state index in [4.69, 9.17) is 5.73 Å². The molecule has 1 aromatic carbocycles. The van der Waals surface area contributed by atoms with Crippen LogP contribution < -0.4 is 16.0 Å². The van der Waals surface area contributed by atoms with E-state index in [1.54, 1.807) is 38.2 Å². The number of nitrogens with one attached hydrogen (secondary N) is 1. The Kier molecular flexibility index (Phi) is 3.88. The van der Waals surface area contributed by atoms with Gasteiger partial charge in [-0.2, -0.15) is 0 Å². The lowest BCUT2D eigenvalue weighted by molar-refractivity contribution is -0.115. The number of para-hydroxylation sites is 2. The monoisotopic (exact) mass is 221 g/mol. The van der Waals surface area contributed by atoms with Gasteiger partial charge in [0.05, 0.1) is 11.4 Å². The number of primary amides is 1. The molecule has 0 fully saturated rings. The fourth-order valence-corrected chi connectivity index (χ4v) is 1.23. The lowest BCUT2D eigenvalue weighted by atomic mass is 10.2. The molecule has 16 heavy (non-hydrogen) atoms. The van der Waals surface area contributed by atoms with Gasteiger partial charge in [-0.3, -0.25) is 9.69 Å². The molecule has 5 heteroatoms. The van der Waals surface area contributed by atoms with Gasteiger partial charge in [0.1, 0.15) is 0 Å². The molecule has 0 heterocycles. The van der Waals surface area contributed by atoms with Crippen molar-refractivity contribution in [2.75, 3.05) is 17.3 Å². The Morgan fingerprint density at radius 2 is 2.00 bits per heavy atom. The van der Waals surface area contributed by atoms with Crippen molar-refractivity contribution in [3.8, 4) is 0 Å². The van der Waals surface area contributed by atoms with Crippen LogP contribution in [0.3, 0.4) is 0 Å². The van der Waals surface area contributed by atoms with Gasteiger partial charge in [-0.1, -0.05) is 19.1 Å². The summed E-state index contributed by atoms with van der Waals surface area (Å²) in [7, 11) is 1.55. The fraction of sp³-hybridized carbons (Fsp3) is 0.273. The molecule has 0 aliphatic carbocycles. The number of carbonyl (C=O) groups is 2. The van der Waals surface area contributed by atoms with Crippen molar-refractivity contribution in [2.45, 2.75) is 13.3 Å². The molecular formula is C11H15N3O2. The van der Waals surface area contributed by atoms with Gasteiger partial charge >= 0.3 is 6.03 Å². The molecular weight excluding hydrogens is 206 g/mol. The first-order valence-corrected chi connectivity index (χ1v) is 4.98. The lowest BCUT2D eigenvalue weighted by Gasteiger charge is -2.18. The number of hydrogen-bond donors (Lipinski definition) is 2. The first kappa shape index (κ1) is 12.0. The predicted octanol–water partition coefficient (Wildman–Crippen LogP) is 1.55. The molecule has 3 N–H and O–H groups in total. The van der Waals surface area contributed by atoms with Crippen molar-refractivity contribution in [1.82, 2.24) is 0 Å². The Bertz CT molecular complexity index is 404. The van der Waals surface area contributed by atoms with Crippen LogP contribution in [0, 0.1) is 0 Å². The number of amides is 3. The van der Waals surface area contributed by atoms with Gasteiger partial charge in [0.15, 0.2) is 0 Å². The van der Waals surface area contributed by atoms with Gasteiger partial charge in [-0.25, -0.2) is 4.79 Å². The molecule has 0 aliphatic heterocycles. The normalized spacial score (nSPS) is 9.62. The van der Waals surface area contributed by atoms with Crippen LogP contribution in [0.5, 0.6) is 0 Å². The summed E-state index contributed by atoms with van der Waals surface area (Å²) in [6.07, 6.45) is 0.384. The molecule has 5 nitrogen and oxygen atoms in total. The number of rotatable bonds is 3. The summed E-state index contributed by atoms with van der Waals surface area (Å²) < 4.78 is 0. The van der Waals surface area contributed by atoms with Crippen molar-refractivity contribution >= 4 is 23.3 Å². The summed E-state index contributed by atoms with van der Waals surface area (Å²) >= 11 is 0. The molecule has 1 rings (SSSR count). The minimum absolute atomic E-state index is 0.106. The summed E-state index contributed by atoms with van der Waals surface area (Å²) in [5.74, 6) is -0.106. The zero-order valence-electron chi connectivity index (χ0n) is 9.36. The number of urea groups is 1. The summed E-state index contributed by atoms with van der Waals surface area (Å²) in [4.78, 5) is 23.6.